The highest BCUT2D eigenvalue weighted by Gasteiger charge is 2.29. The van der Waals surface area contributed by atoms with E-state index >= 15 is 0 Å². The van der Waals surface area contributed by atoms with Crippen LogP contribution < -0.4 is 9.62 Å². The van der Waals surface area contributed by atoms with Crippen molar-refractivity contribution < 1.29 is 17.6 Å². The molecule has 0 bridgehead atoms. The largest absolute Gasteiger partial charge is 0.300 e. The molecule has 1 amide bonds. The Morgan fingerprint density at radius 2 is 1.90 bits per heavy atom. The van der Waals surface area contributed by atoms with Gasteiger partial charge in [-0.25, -0.2) is 17.8 Å². The Bertz CT molecular complexity index is 1290. The van der Waals surface area contributed by atoms with Crippen LogP contribution >= 0.6 is 11.3 Å². The van der Waals surface area contributed by atoms with Gasteiger partial charge in [-0.05, 0) is 36.4 Å². The molecule has 0 aliphatic rings. The normalized spacial score (nSPS) is 11.4. The first kappa shape index (κ1) is 19.9. The standard InChI is InChI=1S/C20H15FN4O3S2/c21-15-4-6-16(7-5-15)25(13-19(26)24-20-23-10-11-29-20)30(27,28)18-3-1-2-14-12-22-9-8-17(14)18/h1-12H,13H2,(H,23,24,26). The number of nitrogens with zero attached hydrogens (tertiary/aromatic N) is 3. The van der Waals surface area contributed by atoms with Gasteiger partial charge in [-0.15, -0.1) is 11.3 Å². The van der Waals surface area contributed by atoms with Crippen LogP contribution in [0.25, 0.3) is 10.8 Å². The van der Waals surface area contributed by atoms with Gasteiger partial charge >= 0.3 is 0 Å². The third kappa shape index (κ3) is 4.00. The Morgan fingerprint density at radius 1 is 1.10 bits per heavy atom. The third-order valence-corrected chi connectivity index (χ3v) is 6.81. The average molecular weight is 442 g/mol. The number of hydrogen-bond acceptors (Lipinski definition) is 6. The minimum absolute atomic E-state index is 0.0220. The Kier molecular flexibility index (Phi) is 5.42. The minimum Gasteiger partial charge on any atom is -0.300 e. The van der Waals surface area contributed by atoms with Gasteiger partial charge in [0.05, 0.1) is 10.6 Å². The van der Waals surface area contributed by atoms with Crippen LogP contribution in [-0.2, 0) is 14.8 Å². The summed E-state index contributed by atoms with van der Waals surface area (Å²) in [6.07, 6.45) is 4.59. The second-order valence-corrected chi connectivity index (χ2v) is 8.95. The van der Waals surface area contributed by atoms with Crippen LogP contribution in [0.1, 0.15) is 0 Å². The number of anilines is 2. The summed E-state index contributed by atoms with van der Waals surface area (Å²) >= 11 is 1.21. The highest BCUT2D eigenvalue weighted by molar-refractivity contribution is 7.93. The SMILES string of the molecule is O=C(CN(c1ccc(F)cc1)S(=O)(=O)c1cccc2cnccc12)Nc1nccs1. The number of carbonyl (C=O) groups excluding carboxylic acids is 1. The van der Waals surface area contributed by atoms with Gasteiger partial charge < -0.3 is 5.32 Å². The van der Waals surface area contributed by atoms with Crippen LogP contribution in [0.3, 0.4) is 0 Å². The number of aromatic nitrogens is 2. The zero-order valence-corrected chi connectivity index (χ0v) is 17.0. The summed E-state index contributed by atoms with van der Waals surface area (Å²) in [7, 11) is -4.16. The van der Waals surface area contributed by atoms with Crippen LogP contribution in [0.15, 0.2) is 77.4 Å². The van der Waals surface area contributed by atoms with Gasteiger partial charge in [-0.3, -0.25) is 14.1 Å². The number of thiazole rings is 1. The molecule has 0 aliphatic carbocycles. The molecule has 0 saturated heterocycles. The lowest BCUT2D eigenvalue weighted by atomic mass is 10.2. The van der Waals surface area contributed by atoms with E-state index in [2.05, 4.69) is 15.3 Å². The molecule has 0 radical (unpaired) electrons. The number of hydrogen-bond donors (Lipinski definition) is 1. The Balaban J connectivity index is 1.77. The van der Waals surface area contributed by atoms with Crippen LogP contribution in [0.4, 0.5) is 15.2 Å². The Morgan fingerprint density at radius 3 is 2.63 bits per heavy atom. The molecule has 0 saturated carbocycles. The lowest BCUT2D eigenvalue weighted by Gasteiger charge is -2.24. The molecule has 0 atom stereocenters. The van der Waals surface area contributed by atoms with Crippen LogP contribution in [0, 0.1) is 5.82 Å². The first-order valence-corrected chi connectivity index (χ1v) is 11.1. The summed E-state index contributed by atoms with van der Waals surface area (Å²) in [5.41, 5.74) is 0.164. The molecule has 0 unspecified atom stereocenters. The quantitative estimate of drug-likeness (QED) is 0.492. The van der Waals surface area contributed by atoms with E-state index in [1.54, 1.807) is 29.8 Å². The van der Waals surface area contributed by atoms with E-state index in [1.807, 2.05) is 0 Å². The van der Waals surface area contributed by atoms with Crippen molar-refractivity contribution in [3.63, 3.8) is 0 Å². The van der Waals surface area contributed by atoms with E-state index in [1.165, 1.54) is 41.9 Å². The van der Waals surface area contributed by atoms with Crippen molar-refractivity contribution in [1.82, 2.24) is 9.97 Å². The smallest absolute Gasteiger partial charge is 0.265 e. The van der Waals surface area contributed by atoms with Gasteiger partial charge in [-0.1, -0.05) is 12.1 Å². The number of sulfonamides is 1. The van der Waals surface area contributed by atoms with Crippen LogP contribution in [0.2, 0.25) is 0 Å². The van der Waals surface area contributed by atoms with Gasteiger partial charge in [0, 0.05) is 34.7 Å². The van der Waals surface area contributed by atoms with Gasteiger partial charge in [0.1, 0.15) is 12.4 Å². The molecule has 2 aromatic carbocycles. The van der Waals surface area contributed by atoms with Gasteiger partial charge in [0.2, 0.25) is 5.91 Å². The zero-order chi connectivity index (χ0) is 21.1. The van der Waals surface area contributed by atoms with E-state index in [0.717, 1.165) is 16.4 Å². The lowest BCUT2D eigenvalue weighted by molar-refractivity contribution is -0.114. The number of pyridine rings is 1. The molecule has 0 aliphatic heterocycles. The first-order valence-electron chi connectivity index (χ1n) is 8.75. The van der Waals surface area contributed by atoms with E-state index < -0.39 is 28.3 Å². The lowest BCUT2D eigenvalue weighted by Crippen LogP contribution is -2.38. The van der Waals surface area contributed by atoms with Crippen molar-refractivity contribution in [3.05, 3.63) is 78.3 Å². The number of rotatable bonds is 6. The molecule has 4 aromatic rings. The maximum Gasteiger partial charge on any atom is 0.265 e. The number of halogens is 1. The summed E-state index contributed by atoms with van der Waals surface area (Å²) in [4.78, 5) is 20.6. The molecule has 2 heterocycles. The van der Waals surface area contributed by atoms with Crippen molar-refractivity contribution >= 4 is 48.9 Å². The van der Waals surface area contributed by atoms with Crippen molar-refractivity contribution in [2.45, 2.75) is 4.90 Å². The van der Waals surface area contributed by atoms with Crippen LogP contribution in [0.5, 0.6) is 0 Å². The molecule has 0 fully saturated rings. The predicted octanol–water partition coefficient (Wildman–Crippen LogP) is 3.66. The fourth-order valence-corrected chi connectivity index (χ4v) is 5.12. The van der Waals surface area contributed by atoms with Gasteiger partial charge in [-0.2, -0.15) is 0 Å². The highest BCUT2D eigenvalue weighted by atomic mass is 32.2. The highest BCUT2D eigenvalue weighted by Crippen LogP contribution is 2.29. The summed E-state index contributed by atoms with van der Waals surface area (Å²) in [5.74, 6) is -1.08. The van der Waals surface area contributed by atoms with Crippen molar-refractivity contribution in [2.75, 3.05) is 16.2 Å². The average Bonchev–Trinajstić information content (AvgIpc) is 3.25. The molecule has 2 aromatic heterocycles. The summed E-state index contributed by atoms with van der Waals surface area (Å²) in [5, 5.41) is 5.73. The summed E-state index contributed by atoms with van der Waals surface area (Å²) < 4.78 is 41.6. The Labute approximate surface area is 175 Å². The molecular weight excluding hydrogens is 427 g/mol. The molecule has 152 valence electrons. The third-order valence-electron chi connectivity index (χ3n) is 4.29. The number of carbonyl (C=O) groups is 1. The maximum absolute atomic E-state index is 13.6. The second-order valence-electron chi connectivity index (χ2n) is 6.23. The molecule has 10 heteroatoms. The molecule has 1 N–H and O–H groups in total. The first-order chi connectivity index (χ1) is 14.4. The number of fused-ring (bicyclic) bond motifs is 1. The van der Waals surface area contributed by atoms with E-state index in [0.29, 0.717) is 15.9 Å². The molecule has 0 spiro atoms. The van der Waals surface area contributed by atoms with E-state index in [4.69, 9.17) is 0 Å². The van der Waals surface area contributed by atoms with Gasteiger partial charge in [0.25, 0.3) is 10.0 Å². The maximum atomic E-state index is 13.6. The monoisotopic (exact) mass is 442 g/mol. The number of amides is 1. The Hall–Kier alpha value is -3.37. The predicted molar refractivity (Wildman–Crippen MR) is 113 cm³/mol. The van der Waals surface area contributed by atoms with E-state index in [9.17, 15) is 17.6 Å². The van der Waals surface area contributed by atoms with E-state index in [-0.39, 0.29) is 10.6 Å². The van der Waals surface area contributed by atoms with Gasteiger partial charge in [0.15, 0.2) is 5.13 Å². The minimum atomic E-state index is -4.16. The summed E-state index contributed by atoms with van der Waals surface area (Å²) in [6, 6.07) is 11.3. The molecule has 30 heavy (non-hydrogen) atoms. The molecule has 7 nitrogen and oxygen atoms in total. The van der Waals surface area contributed by atoms with Crippen molar-refractivity contribution in [3.8, 4) is 0 Å². The molecular formula is C20H15FN4O3S2. The fraction of sp³-hybridized carbons (Fsp3) is 0.0500. The second kappa shape index (κ2) is 8.17. The zero-order valence-electron chi connectivity index (χ0n) is 15.4. The fourth-order valence-electron chi connectivity index (χ4n) is 2.93. The topological polar surface area (TPSA) is 92.3 Å². The summed E-state index contributed by atoms with van der Waals surface area (Å²) in [6.45, 7) is -0.505. The number of benzene rings is 2. The van der Waals surface area contributed by atoms with Crippen molar-refractivity contribution in [2.24, 2.45) is 0 Å². The van der Waals surface area contributed by atoms with Crippen LogP contribution in [-0.4, -0.2) is 30.8 Å². The van der Waals surface area contributed by atoms with Crippen molar-refractivity contribution in [1.29, 1.82) is 0 Å². The molecule has 4 rings (SSSR count). The number of nitrogens with one attached hydrogen (secondary N) is 1.